The molecule has 1 aromatic heterocycles. The van der Waals surface area contributed by atoms with Gasteiger partial charge in [-0.3, -0.25) is 4.68 Å². The van der Waals surface area contributed by atoms with E-state index in [2.05, 4.69) is 35.4 Å². The van der Waals surface area contributed by atoms with Gasteiger partial charge in [-0.1, -0.05) is 36.4 Å². The van der Waals surface area contributed by atoms with E-state index >= 15 is 0 Å². The molecule has 0 spiro atoms. The summed E-state index contributed by atoms with van der Waals surface area (Å²) in [6.07, 6.45) is 1.56. The summed E-state index contributed by atoms with van der Waals surface area (Å²) >= 11 is 0. The maximum Gasteiger partial charge on any atom is 0.126 e. The van der Waals surface area contributed by atoms with Gasteiger partial charge in [0.1, 0.15) is 5.82 Å². The molecule has 3 aromatic rings. The predicted molar refractivity (Wildman–Crippen MR) is 91.9 cm³/mol. The van der Waals surface area contributed by atoms with Crippen LogP contribution in [0.5, 0.6) is 0 Å². The summed E-state index contributed by atoms with van der Waals surface area (Å²) in [6, 6.07) is 15.8. The van der Waals surface area contributed by atoms with Crippen molar-refractivity contribution < 1.29 is 4.39 Å². The molecule has 23 heavy (non-hydrogen) atoms. The second kappa shape index (κ2) is 6.37. The molecule has 0 aliphatic rings. The van der Waals surface area contributed by atoms with E-state index in [0.717, 1.165) is 40.9 Å². The van der Waals surface area contributed by atoms with Crippen LogP contribution in [0.2, 0.25) is 0 Å². The maximum atomic E-state index is 13.9. The summed E-state index contributed by atoms with van der Waals surface area (Å²) in [4.78, 5) is 0. The second-order valence-corrected chi connectivity index (χ2v) is 6.03. The maximum absolute atomic E-state index is 13.9. The Hall–Kier alpha value is -2.42. The Balaban J connectivity index is 1.74. The Morgan fingerprint density at radius 2 is 1.74 bits per heavy atom. The molecule has 0 aliphatic carbocycles. The van der Waals surface area contributed by atoms with Gasteiger partial charge in [0.15, 0.2) is 0 Å². The molecule has 0 bridgehead atoms. The normalized spacial score (nSPS) is 11.0. The number of nitrogens with zero attached hydrogens (tertiary/aromatic N) is 2. The van der Waals surface area contributed by atoms with Crippen LogP contribution in [-0.2, 0) is 19.9 Å². The van der Waals surface area contributed by atoms with Gasteiger partial charge in [-0.05, 0) is 61.1 Å². The highest BCUT2D eigenvalue weighted by Gasteiger charge is 2.07. The Kier molecular flexibility index (Phi) is 4.28. The molecule has 0 atom stereocenters. The van der Waals surface area contributed by atoms with E-state index in [1.54, 1.807) is 6.07 Å². The molecule has 0 fully saturated rings. The molecular weight excluding hydrogens is 287 g/mol. The molecule has 0 unspecified atom stereocenters. The second-order valence-electron chi connectivity index (χ2n) is 6.03. The highest BCUT2D eigenvalue weighted by molar-refractivity contribution is 5.60. The first kappa shape index (κ1) is 15.5. The molecule has 0 radical (unpaired) electrons. The molecule has 0 N–H and O–H groups in total. The topological polar surface area (TPSA) is 17.8 Å². The molecule has 2 nitrogen and oxygen atoms in total. The monoisotopic (exact) mass is 308 g/mol. The Morgan fingerprint density at radius 3 is 2.35 bits per heavy atom. The van der Waals surface area contributed by atoms with Gasteiger partial charge >= 0.3 is 0 Å². The fourth-order valence-corrected chi connectivity index (χ4v) is 2.98. The molecule has 3 heteroatoms. The van der Waals surface area contributed by atoms with Crippen molar-refractivity contribution >= 4 is 0 Å². The number of aromatic nitrogens is 2. The van der Waals surface area contributed by atoms with Crippen LogP contribution in [-0.4, -0.2) is 9.78 Å². The summed E-state index contributed by atoms with van der Waals surface area (Å²) in [6.45, 7) is 3.96. The Labute approximate surface area is 136 Å². The standard InChI is InChI=1S/C20H21FN2/c1-14-5-4-6-19(21)18(14)12-9-16-7-10-17(11-8-16)20-13-15(2)22-23(20)3/h4-8,10-11,13H,9,12H2,1-3H3. The zero-order chi connectivity index (χ0) is 16.4. The molecule has 3 rings (SSSR count). The van der Waals surface area contributed by atoms with Crippen LogP contribution in [0, 0.1) is 19.7 Å². The number of aryl methyl sites for hydroxylation is 4. The number of hydrogen-bond donors (Lipinski definition) is 0. The largest absolute Gasteiger partial charge is 0.268 e. The van der Waals surface area contributed by atoms with E-state index < -0.39 is 0 Å². The molecule has 1 heterocycles. The van der Waals surface area contributed by atoms with Gasteiger partial charge in [-0.15, -0.1) is 0 Å². The van der Waals surface area contributed by atoms with E-state index in [1.807, 2.05) is 31.6 Å². The van der Waals surface area contributed by atoms with Crippen molar-refractivity contribution in [2.45, 2.75) is 26.7 Å². The molecular formula is C20H21FN2. The van der Waals surface area contributed by atoms with E-state index in [-0.39, 0.29) is 5.82 Å². The fraction of sp³-hybridized carbons (Fsp3) is 0.250. The number of hydrogen-bond acceptors (Lipinski definition) is 1. The van der Waals surface area contributed by atoms with Gasteiger partial charge in [0, 0.05) is 7.05 Å². The van der Waals surface area contributed by atoms with Crippen LogP contribution in [0.15, 0.2) is 48.5 Å². The lowest BCUT2D eigenvalue weighted by molar-refractivity contribution is 0.606. The third kappa shape index (κ3) is 3.34. The highest BCUT2D eigenvalue weighted by atomic mass is 19.1. The molecule has 2 aromatic carbocycles. The zero-order valence-electron chi connectivity index (χ0n) is 13.8. The third-order valence-electron chi connectivity index (χ3n) is 4.27. The average Bonchev–Trinajstić information content (AvgIpc) is 2.86. The first-order valence-corrected chi connectivity index (χ1v) is 7.88. The number of rotatable bonds is 4. The van der Waals surface area contributed by atoms with Crippen molar-refractivity contribution in [3.8, 4) is 11.3 Å². The molecule has 118 valence electrons. The minimum Gasteiger partial charge on any atom is -0.268 e. The van der Waals surface area contributed by atoms with Crippen molar-refractivity contribution in [2.24, 2.45) is 7.05 Å². The zero-order valence-corrected chi connectivity index (χ0v) is 13.8. The van der Waals surface area contributed by atoms with Gasteiger partial charge < -0.3 is 0 Å². The van der Waals surface area contributed by atoms with E-state index in [9.17, 15) is 4.39 Å². The van der Waals surface area contributed by atoms with Crippen LogP contribution in [0.1, 0.15) is 22.4 Å². The van der Waals surface area contributed by atoms with Crippen LogP contribution in [0.25, 0.3) is 11.3 Å². The first-order valence-electron chi connectivity index (χ1n) is 7.88. The molecule has 0 aliphatic heterocycles. The lowest BCUT2D eigenvalue weighted by Gasteiger charge is -2.08. The van der Waals surface area contributed by atoms with Crippen molar-refractivity contribution in [1.29, 1.82) is 0 Å². The Bertz CT molecular complexity index is 796. The van der Waals surface area contributed by atoms with Gasteiger partial charge in [-0.25, -0.2) is 4.39 Å². The number of halogens is 1. The van der Waals surface area contributed by atoms with Crippen LogP contribution in [0.4, 0.5) is 4.39 Å². The van der Waals surface area contributed by atoms with E-state index in [0.29, 0.717) is 0 Å². The minimum atomic E-state index is -0.105. The summed E-state index contributed by atoms with van der Waals surface area (Å²) < 4.78 is 15.8. The summed E-state index contributed by atoms with van der Waals surface area (Å²) in [5.74, 6) is -0.105. The summed E-state index contributed by atoms with van der Waals surface area (Å²) in [7, 11) is 1.96. The van der Waals surface area contributed by atoms with Crippen molar-refractivity contribution in [3.63, 3.8) is 0 Å². The fourth-order valence-electron chi connectivity index (χ4n) is 2.98. The lowest BCUT2D eigenvalue weighted by Crippen LogP contribution is -1.98. The predicted octanol–water partition coefficient (Wildman–Crippen LogP) is 4.63. The van der Waals surface area contributed by atoms with Gasteiger partial charge in [-0.2, -0.15) is 5.10 Å². The van der Waals surface area contributed by atoms with Gasteiger partial charge in [0.25, 0.3) is 0 Å². The summed E-state index contributed by atoms with van der Waals surface area (Å²) in [5.41, 5.74) is 6.33. The van der Waals surface area contributed by atoms with Crippen molar-refractivity contribution in [2.75, 3.05) is 0 Å². The Morgan fingerprint density at radius 1 is 1.00 bits per heavy atom. The third-order valence-corrected chi connectivity index (χ3v) is 4.27. The molecule has 0 saturated carbocycles. The number of benzene rings is 2. The summed E-state index contributed by atoms with van der Waals surface area (Å²) in [5, 5.41) is 4.38. The quantitative estimate of drug-likeness (QED) is 0.687. The minimum absolute atomic E-state index is 0.105. The van der Waals surface area contributed by atoms with Crippen LogP contribution in [0.3, 0.4) is 0 Å². The van der Waals surface area contributed by atoms with Crippen molar-refractivity contribution in [3.05, 3.63) is 76.7 Å². The van der Waals surface area contributed by atoms with Crippen molar-refractivity contribution in [1.82, 2.24) is 9.78 Å². The smallest absolute Gasteiger partial charge is 0.126 e. The highest BCUT2D eigenvalue weighted by Crippen LogP contribution is 2.21. The van der Waals surface area contributed by atoms with Crippen LogP contribution >= 0.6 is 0 Å². The van der Waals surface area contributed by atoms with E-state index in [4.69, 9.17) is 0 Å². The SMILES string of the molecule is Cc1cc(-c2ccc(CCc3c(C)cccc3F)cc2)n(C)n1. The average molecular weight is 308 g/mol. The van der Waals surface area contributed by atoms with E-state index in [1.165, 1.54) is 11.6 Å². The van der Waals surface area contributed by atoms with Crippen LogP contribution < -0.4 is 0 Å². The first-order chi connectivity index (χ1) is 11.0. The van der Waals surface area contributed by atoms with Gasteiger partial charge in [0.2, 0.25) is 0 Å². The molecule has 0 saturated heterocycles. The van der Waals surface area contributed by atoms with Gasteiger partial charge in [0.05, 0.1) is 11.4 Å². The molecule has 0 amide bonds. The lowest BCUT2D eigenvalue weighted by atomic mass is 9.99.